The van der Waals surface area contributed by atoms with Crippen LogP contribution in [0, 0.1) is 0 Å². The lowest BCUT2D eigenvalue weighted by Crippen LogP contribution is -2.40. The van der Waals surface area contributed by atoms with Crippen molar-refractivity contribution in [1.82, 2.24) is 4.31 Å². The van der Waals surface area contributed by atoms with E-state index in [1.165, 1.54) is 4.31 Å². The van der Waals surface area contributed by atoms with Crippen LogP contribution in [-0.4, -0.2) is 58.5 Å². The fourth-order valence-corrected chi connectivity index (χ4v) is 2.30. The molecule has 0 aliphatic heterocycles. The predicted octanol–water partition coefficient (Wildman–Crippen LogP) is 0.319. The molecule has 0 amide bonds. The van der Waals surface area contributed by atoms with E-state index in [4.69, 9.17) is 9.47 Å². The van der Waals surface area contributed by atoms with E-state index < -0.39 is 15.3 Å². The van der Waals surface area contributed by atoms with Gasteiger partial charge in [-0.25, -0.2) is 8.42 Å². The average molecular weight is 239 g/mol. The van der Waals surface area contributed by atoms with Gasteiger partial charge in [-0.05, 0) is 13.8 Å². The number of sulfonamides is 1. The fourth-order valence-electron chi connectivity index (χ4n) is 1.05. The third-order valence-electron chi connectivity index (χ3n) is 2.05. The van der Waals surface area contributed by atoms with E-state index in [0.717, 1.165) is 0 Å². The summed E-state index contributed by atoms with van der Waals surface area (Å²) >= 11 is 0. The van der Waals surface area contributed by atoms with Crippen LogP contribution in [0.5, 0.6) is 0 Å². The molecule has 0 aromatic carbocycles. The van der Waals surface area contributed by atoms with Crippen LogP contribution in [0.2, 0.25) is 0 Å². The second-order valence-corrected chi connectivity index (χ2v) is 5.97. The molecule has 0 aromatic rings. The third-order valence-corrected chi connectivity index (χ3v) is 4.32. The maximum atomic E-state index is 11.9. The highest BCUT2D eigenvalue weighted by Gasteiger charge is 2.24. The number of rotatable bonds is 8. The minimum Gasteiger partial charge on any atom is -0.383 e. The first-order valence-electron chi connectivity index (χ1n) is 4.93. The van der Waals surface area contributed by atoms with Crippen molar-refractivity contribution in [2.75, 3.05) is 40.5 Å². The van der Waals surface area contributed by atoms with Crippen LogP contribution in [0.1, 0.15) is 13.8 Å². The van der Waals surface area contributed by atoms with Crippen molar-refractivity contribution in [3.05, 3.63) is 0 Å². The van der Waals surface area contributed by atoms with Gasteiger partial charge in [-0.15, -0.1) is 0 Å². The Hall–Kier alpha value is -0.170. The van der Waals surface area contributed by atoms with E-state index in [-0.39, 0.29) is 0 Å². The molecule has 0 N–H and O–H groups in total. The van der Waals surface area contributed by atoms with E-state index in [1.807, 2.05) is 0 Å². The lowest BCUT2D eigenvalue weighted by Gasteiger charge is -2.23. The minimum absolute atomic E-state index is 0.375. The van der Waals surface area contributed by atoms with E-state index in [1.54, 1.807) is 28.1 Å². The zero-order valence-electron chi connectivity index (χ0n) is 9.89. The molecule has 5 nitrogen and oxygen atoms in total. The topological polar surface area (TPSA) is 55.8 Å². The zero-order chi connectivity index (χ0) is 11.9. The Balaban J connectivity index is 4.46. The standard InChI is InChI=1S/C9H21NO4S/c1-9(2)15(11,12)10(5-7-13-3)6-8-14-4/h9H,5-8H2,1-4H3. The highest BCUT2D eigenvalue weighted by atomic mass is 32.2. The van der Waals surface area contributed by atoms with Gasteiger partial charge in [0.1, 0.15) is 0 Å². The summed E-state index contributed by atoms with van der Waals surface area (Å²) in [5.41, 5.74) is 0. The number of hydrogen-bond donors (Lipinski definition) is 0. The van der Waals surface area contributed by atoms with Crippen molar-refractivity contribution in [2.45, 2.75) is 19.1 Å². The molecule has 0 radical (unpaired) electrons. The van der Waals surface area contributed by atoms with Crippen LogP contribution in [-0.2, 0) is 19.5 Å². The summed E-state index contributed by atoms with van der Waals surface area (Å²) in [5.74, 6) is 0. The molecule has 0 heterocycles. The maximum absolute atomic E-state index is 11.9. The Morgan fingerprint density at radius 3 is 1.73 bits per heavy atom. The Labute approximate surface area is 92.4 Å². The lowest BCUT2D eigenvalue weighted by molar-refractivity contribution is 0.150. The molecule has 92 valence electrons. The smallest absolute Gasteiger partial charge is 0.216 e. The molecule has 0 aliphatic carbocycles. The SMILES string of the molecule is COCCN(CCOC)S(=O)(=O)C(C)C. The van der Waals surface area contributed by atoms with Gasteiger partial charge < -0.3 is 9.47 Å². The van der Waals surface area contributed by atoms with Gasteiger partial charge in [0, 0.05) is 27.3 Å². The van der Waals surface area contributed by atoms with Crippen molar-refractivity contribution in [1.29, 1.82) is 0 Å². The van der Waals surface area contributed by atoms with Crippen molar-refractivity contribution < 1.29 is 17.9 Å². The average Bonchev–Trinajstić information content (AvgIpc) is 2.17. The Kier molecular flexibility index (Phi) is 7.08. The van der Waals surface area contributed by atoms with Crippen molar-refractivity contribution in [3.63, 3.8) is 0 Å². The number of methoxy groups -OCH3 is 2. The van der Waals surface area contributed by atoms with E-state index in [9.17, 15) is 8.42 Å². The predicted molar refractivity (Wildman–Crippen MR) is 59.4 cm³/mol. The van der Waals surface area contributed by atoms with Crippen molar-refractivity contribution in [2.24, 2.45) is 0 Å². The van der Waals surface area contributed by atoms with E-state index in [2.05, 4.69) is 0 Å². The van der Waals surface area contributed by atoms with Gasteiger partial charge in [0.25, 0.3) is 0 Å². The molecule has 0 fully saturated rings. The molecule has 0 aliphatic rings. The molecule has 15 heavy (non-hydrogen) atoms. The molecule has 0 saturated heterocycles. The van der Waals surface area contributed by atoms with Crippen LogP contribution in [0.4, 0.5) is 0 Å². The van der Waals surface area contributed by atoms with Gasteiger partial charge in [-0.2, -0.15) is 4.31 Å². The molecular formula is C9H21NO4S. The summed E-state index contributed by atoms with van der Waals surface area (Å²) in [7, 11) is -0.106. The lowest BCUT2D eigenvalue weighted by atomic mass is 10.6. The third kappa shape index (κ3) is 4.92. The van der Waals surface area contributed by atoms with Crippen LogP contribution in [0.25, 0.3) is 0 Å². The summed E-state index contributed by atoms with van der Waals surface area (Å²) in [4.78, 5) is 0. The molecule has 0 rings (SSSR count). The summed E-state index contributed by atoms with van der Waals surface area (Å²) in [6.45, 7) is 4.88. The molecule has 0 bridgehead atoms. The first-order chi connectivity index (χ1) is 6.96. The molecule has 0 unspecified atom stereocenters. The van der Waals surface area contributed by atoms with Crippen LogP contribution in [0.3, 0.4) is 0 Å². The summed E-state index contributed by atoms with van der Waals surface area (Å²) in [6.07, 6.45) is 0. The molecule has 0 saturated carbocycles. The Morgan fingerprint density at radius 2 is 1.47 bits per heavy atom. The first-order valence-corrected chi connectivity index (χ1v) is 6.44. The highest BCUT2D eigenvalue weighted by Crippen LogP contribution is 2.07. The largest absolute Gasteiger partial charge is 0.383 e. The molecule has 0 spiro atoms. The normalized spacial score (nSPS) is 12.7. The summed E-state index contributed by atoms with van der Waals surface area (Å²) in [5, 5.41) is -0.411. The Bertz CT molecular complexity index is 243. The van der Waals surface area contributed by atoms with Gasteiger partial charge in [-0.1, -0.05) is 0 Å². The Morgan fingerprint density at radius 1 is 1.07 bits per heavy atom. The number of nitrogens with zero attached hydrogens (tertiary/aromatic N) is 1. The molecular weight excluding hydrogens is 218 g/mol. The van der Waals surface area contributed by atoms with E-state index >= 15 is 0 Å². The van der Waals surface area contributed by atoms with Gasteiger partial charge in [0.15, 0.2) is 0 Å². The first kappa shape index (κ1) is 14.8. The highest BCUT2D eigenvalue weighted by molar-refractivity contribution is 7.89. The summed E-state index contributed by atoms with van der Waals surface area (Å²) in [6, 6.07) is 0. The second kappa shape index (κ2) is 7.16. The number of ether oxygens (including phenoxy) is 2. The fraction of sp³-hybridized carbons (Fsp3) is 1.00. The molecule has 6 heteroatoms. The van der Waals surface area contributed by atoms with Crippen molar-refractivity contribution >= 4 is 10.0 Å². The maximum Gasteiger partial charge on any atom is 0.216 e. The second-order valence-electron chi connectivity index (χ2n) is 3.48. The van der Waals surface area contributed by atoms with Gasteiger partial charge in [-0.3, -0.25) is 0 Å². The van der Waals surface area contributed by atoms with Crippen molar-refractivity contribution in [3.8, 4) is 0 Å². The molecule has 0 aromatic heterocycles. The monoisotopic (exact) mass is 239 g/mol. The quantitative estimate of drug-likeness (QED) is 0.612. The minimum atomic E-state index is -3.21. The van der Waals surface area contributed by atoms with Gasteiger partial charge >= 0.3 is 0 Å². The van der Waals surface area contributed by atoms with Crippen LogP contribution in [0.15, 0.2) is 0 Å². The summed E-state index contributed by atoms with van der Waals surface area (Å²) < 4.78 is 34.9. The number of hydrogen-bond acceptors (Lipinski definition) is 4. The zero-order valence-corrected chi connectivity index (χ0v) is 10.7. The van der Waals surface area contributed by atoms with Crippen LogP contribution < -0.4 is 0 Å². The molecule has 0 atom stereocenters. The van der Waals surface area contributed by atoms with Crippen LogP contribution >= 0.6 is 0 Å². The van der Waals surface area contributed by atoms with E-state index in [0.29, 0.717) is 26.3 Å². The van der Waals surface area contributed by atoms with Gasteiger partial charge in [0.2, 0.25) is 10.0 Å². The van der Waals surface area contributed by atoms with Gasteiger partial charge in [0.05, 0.1) is 18.5 Å².